The van der Waals surface area contributed by atoms with Crippen LogP contribution in [0.5, 0.6) is 0 Å². The van der Waals surface area contributed by atoms with Crippen LogP contribution >= 0.6 is 11.3 Å². The van der Waals surface area contributed by atoms with Crippen molar-refractivity contribution in [2.24, 2.45) is 0 Å². The first-order valence-corrected chi connectivity index (χ1v) is 8.03. The summed E-state index contributed by atoms with van der Waals surface area (Å²) in [6.45, 7) is 0.583. The van der Waals surface area contributed by atoms with Gasteiger partial charge in [0.05, 0.1) is 11.4 Å². The van der Waals surface area contributed by atoms with Crippen molar-refractivity contribution >= 4 is 17.2 Å². The van der Waals surface area contributed by atoms with Crippen molar-refractivity contribution < 1.29 is 18.0 Å². The minimum Gasteiger partial charge on any atom is -0.333 e. The van der Waals surface area contributed by atoms with Crippen LogP contribution in [0.4, 0.5) is 13.2 Å². The van der Waals surface area contributed by atoms with Gasteiger partial charge in [-0.25, -0.2) is 0 Å². The summed E-state index contributed by atoms with van der Waals surface area (Å²) in [4.78, 5) is 14.2. The van der Waals surface area contributed by atoms with Crippen LogP contribution in [-0.4, -0.2) is 38.8 Å². The van der Waals surface area contributed by atoms with Gasteiger partial charge in [0.15, 0.2) is 5.82 Å². The number of carbonyl (C=O) groups excluding carboxylic acids is 1. The summed E-state index contributed by atoms with van der Waals surface area (Å²) in [6.07, 6.45) is -3.86. The monoisotopic (exact) mass is 344 g/mol. The van der Waals surface area contributed by atoms with Gasteiger partial charge in [-0.05, 0) is 24.3 Å². The molecule has 0 bridgehead atoms. The fraction of sp³-hybridized carbons (Fsp3) is 0.500. The van der Waals surface area contributed by atoms with E-state index in [1.54, 1.807) is 24.6 Å². The molecule has 0 aliphatic carbocycles. The fourth-order valence-corrected chi connectivity index (χ4v) is 3.45. The number of aromatic nitrogens is 3. The lowest BCUT2D eigenvalue weighted by molar-refractivity contribution is -0.156. The van der Waals surface area contributed by atoms with E-state index < -0.39 is 12.1 Å². The van der Waals surface area contributed by atoms with Gasteiger partial charge in [-0.15, -0.1) is 21.5 Å². The van der Waals surface area contributed by atoms with E-state index in [1.165, 1.54) is 20.8 Å². The van der Waals surface area contributed by atoms with Gasteiger partial charge in [-0.2, -0.15) is 13.2 Å². The van der Waals surface area contributed by atoms with E-state index in [2.05, 4.69) is 10.2 Å². The molecule has 0 saturated carbocycles. The second-order valence-corrected chi connectivity index (χ2v) is 6.45. The number of fused-ring (bicyclic) bond motifs is 1. The molecular formula is C14H15F3N4OS. The SMILES string of the molecule is CN(Cc1nnc2n1CCCC2C(F)(F)F)C(=O)c1cccs1. The largest absolute Gasteiger partial charge is 0.398 e. The molecule has 0 spiro atoms. The topological polar surface area (TPSA) is 51.0 Å². The molecule has 0 fully saturated rings. The van der Waals surface area contributed by atoms with Crippen molar-refractivity contribution in [1.29, 1.82) is 0 Å². The molecule has 2 aromatic rings. The Labute approximate surface area is 134 Å². The van der Waals surface area contributed by atoms with Gasteiger partial charge in [0.1, 0.15) is 11.7 Å². The zero-order valence-electron chi connectivity index (χ0n) is 12.4. The molecule has 5 nitrogen and oxygen atoms in total. The second kappa shape index (κ2) is 5.95. The Morgan fingerprint density at radius 2 is 2.26 bits per heavy atom. The van der Waals surface area contributed by atoms with Crippen molar-refractivity contribution in [2.45, 2.75) is 38.0 Å². The van der Waals surface area contributed by atoms with Crippen LogP contribution in [0.1, 0.15) is 40.1 Å². The van der Waals surface area contributed by atoms with Crippen LogP contribution in [0.15, 0.2) is 17.5 Å². The van der Waals surface area contributed by atoms with Gasteiger partial charge in [0.2, 0.25) is 0 Å². The van der Waals surface area contributed by atoms with Gasteiger partial charge in [0, 0.05) is 13.6 Å². The third-order valence-corrected chi connectivity index (χ3v) is 4.75. The highest BCUT2D eigenvalue weighted by atomic mass is 32.1. The third-order valence-electron chi connectivity index (χ3n) is 3.89. The summed E-state index contributed by atoms with van der Waals surface area (Å²) in [5.41, 5.74) is 0. The Morgan fingerprint density at radius 1 is 1.48 bits per heavy atom. The molecule has 1 aliphatic rings. The van der Waals surface area contributed by atoms with Crippen LogP contribution in [0.2, 0.25) is 0 Å². The molecule has 3 rings (SSSR count). The molecule has 1 aliphatic heterocycles. The van der Waals surface area contributed by atoms with Crippen LogP contribution in [0, 0.1) is 0 Å². The predicted octanol–water partition coefficient (Wildman–Crippen LogP) is 3.05. The standard InChI is InChI=1S/C14H15F3N4OS/c1-20(13(22)10-5-3-7-23-10)8-11-18-19-12-9(14(15,16)17)4-2-6-21(11)12/h3,5,7,9H,2,4,6,8H2,1H3. The number of halogens is 3. The van der Waals surface area contributed by atoms with Gasteiger partial charge >= 0.3 is 6.18 Å². The van der Waals surface area contributed by atoms with Gasteiger partial charge < -0.3 is 9.47 Å². The summed E-state index contributed by atoms with van der Waals surface area (Å²) in [7, 11) is 1.60. The normalized spacial score (nSPS) is 17.8. The number of hydrogen-bond acceptors (Lipinski definition) is 4. The summed E-state index contributed by atoms with van der Waals surface area (Å²) < 4.78 is 40.7. The van der Waals surface area contributed by atoms with Crippen LogP contribution in [0.3, 0.4) is 0 Å². The first kappa shape index (κ1) is 16.0. The minimum absolute atomic E-state index is 0.0333. The first-order valence-electron chi connectivity index (χ1n) is 7.15. The molecule has 3 heterocycles. The molecular weight excluding hydrogens is 329 g/mol. The molecule has 1 unspecified atom stereocenters. The molecule has 1 atom stereocenters. The van der Waals surface area contributed by atoms with E-state index in [0.717, 1.165) is 0 Å². The highest BCUT2D eigenvalue weighted by Crippen LogP contribution is 2.40. The van der Waals surface area contributed by atoms with E-state index in [4.69, 9.17) is 0 Å². The zero-order valence-corrected chi connectivity index (χ0v) is 13.2. The molecule has 0 radical (unpaired) electrons. The lowest BCUT2D eigenvalue weighted by atomic mass is 9.98. The van der Waals surface area contributed by atoms with E-state index >= 15 is 0 Å². The lowest BCUT2D eigenvalue weighted by Crippen LogP contribution is -2.31. The van der Waals surface area contributed by atoms with Crippen LogP contribution in [-0.2, 0) is 13.1 Å². The molecule has 9 heteroatoms. The predicted molar refractivity (Wildman–Crippen MR) is 78.2 cm³/mol. The maximum atomic E-state index is 13.1. The van der Waals surface area contributed by atoms with Crippen LogP contribution < -0.4 is 0 Å². The van der Waals surface area contributed by atoms with Gasteiger partial charge in [0.25, 0.3) is 5.91 Å². The summed E-state index contributed by atoms with van der Waals surface area (Å²) in [5, 5.41) is 9.42. The summed E-state index contributed by atoms with van der Waals surface area (Å²) >= 11 is 1.32. The second-order valence-electron chi connectivity index (χ2n) is 5.50. The summed E-state index contributed by atoms with van der Waals surface area (Å²) in [6, 6.07) is 3.49. The number of nitrogens with zero attached hydrogens (tertiary/aromatic N) is 4. The third kappa shape index (κ3) is 3.10. The molecule has 124 valence electrons. The highest BCUT2D eigenvalue weighted by molar-refractivity contribution is 7.12. The van der Waals surface area contributed by atoms with Crippen LogP contribution in [0.25, 0.3) is 0 Å². The smallest absolute Gasteiger partial charge is 0.333 e. The van der Waals surface area contributed by atoms with E-state index in [1.807, 2.05) is 0 Å². The number of rotatable bonds is 3. The average molecular weight is 344 g/mol. The Balaban J connectivity index is 1.80. The molecule has 2 aromatic heterocycles. The Morgan fingerprint density at radius 3 is 2.91 bits per heavy atom. The maximum absolute atomic E-state index is 13.1. The number of hydrogen-bond donors (Lipinski definition) is 0. The quantitative estimate of drug-likeness (QED) is 0.860. The molecule has 1 amide bonds. The number of alkyl halides is 3. The van der Waals surface area contributed by atoms with E-state index in [-0.39, 0.29) is 24.7 Å². The van der Waals surface area contributed by atoms with Crippen molar-refractivity contribution in [1.82, 2.24) is 19.7 Å². The van der Waals surface area contributed by atoms with Crippen molar-refractivity contribution in [3.8, 4) is 0 Å². The van der Waals surface area contributed by atoms with Crippen molar-refractivity contribution in [2.75, 3.05) is 7.05 Å². The Hall–Kier alpha value is -1.90. The van der Waals surface area contributed by atoms with Gasteiger partial charge in [-0.1, -0.05) is 6.07 Å². The fourth-order valence-electron chi connectivity index (χ4n) is 2.73. The van der Waals surface area contributed by atoms with Crippen molar-refractivity contribution in [3.05, 3.63) is 34.0 Å². The zero-order chi connectivity index (χ0) is 16.6. The summed E-state index contributed by atoms with van der Waals surface area (Å²) in [5.74, 6) is -1.41. The lowest BCUT2D eigenvalue weighted by Gasteiger charge is -2.26. The van der Waals surface area contributed by atoms with Crippen molar-refractivity contribution in [3.63, 3.8) is 0 Å². The Bertz CT molecular complexity index is 695. The highest BCUT2D eigenvalue weighted by Gasteiger charge is 2.45. The Kier molecular flexibility index (Phi) is 4.13. The molecule has 0 saturated heterocycles. The number of thiophene rings is 1. The number of amides is 1. The van der Waals surface area contributed by atoms with E-state index in [9.17, 15) is 18.0 Å². The molecule has 0 aromatic carbocycles. The first-order chi connectivity index (χ1) is 10.9. The average Bonchev–Trinajstić information content (AvgIpc) is 3.15. The van der Waals surface area contributed by atoms with E-state index in [0.29, 0.717) is 23.7 Å². The molecule has 23 heavy (non-hydrogen) atoms. The maximum Gasteiger partial charge on any atom is 0.398 e. The number of carbonyl (C=O) groups is 1. The van der Waals surface area contributed by atoms with Gasteiger partial charge in [-0.3, -0.25) is 4.79 Å². The minimum atomic E-state index is -4.32. The molecule has 0 N–H and O–H groups in total.